The summed E-state index contributed by atoms with van der Waals surface area (Å²) in [4.78, 5) is 14.6. The standard InChI is InChI=1S/C18H26N6O/c1-14-4-2-3-5-16(14)12-23-8-6-15(11-23)10-20-18(25)17-13-24(9-7-19)22-21-17/h2-5,13,15H,6-12,19H2,1H3,(H,20,25)/t15-/m0/s1. The summed E-state index contributed by atoms with van der Waals surface area (Å²) in [5.74, 6) is 0.313. The lowest BCUT2D eigenvalue weighted by Gasteiger charge is -2.17. The van der Waals surface area contributed by atoms with E-state index in [4.69, 9.17) is 5.73 Å². The van der Waals surface area contributed by atoms with E-state index in [1.54, 1.807) is 10.9 Å². The van der Waals surface area contributed by atoms with Crippen LogP contribution in [0.2, 0.25) is 0 Å². The van der Waals surface area contributed by atoms with E-state index in [0.29, 0.717) is 31.2 Å². The molecule has 1 atom stereocenters. The van der Waals surface area contributed by atoms with E-state index in [-0.39, 0.29) is 5.91 Å². The molecule has 0 unspecified atom stereocenters. The molecule has 7 heteroatoms. The SMILES string of the molecule is Cc1ccccc1CN1CC[C@@H](CNC(=O)c2cn(CCN)nn2)C1. The van der Waals surface area contributed by atoms with Gasteiger partial charge < -0.3 is 11.1 Å². The molecule has 1 aliphatic heterocycles. The van der Waals surface area contributed by atoms with E-state index in [2.05, 4.69) is 51.7 Å². The molecule has 7 nitrogen and oxygen atoms in total. The molecular formula is C18H26N6O. The second kappa shape index (κ2) is 8.22. The van der Waals surface area contributed by atoms with E-state index in [0.717, 1.165) is 26.1 Å². The summed E-state index contributed by atoms with van der Waals surface area (Å²) in [6.07, 6.45) is 2.74. The van der Waals surface area contributed by atoms with Crippen LogP contribution in [0.4, 0.5) is 0 Å². The van der Waals surface area contributed by atoms with E-state index in [9.17, 15) is 4.79 Å². The molecular weight excluding hydrogens is 316 g/mol. The van der Waals surface area contributed by atoms with Gasteiger partial charge in [-0.05, 0) is 36.9 Å². The third kappa shape index (κ3) is 4.64. The van der Waals surface area contributed by atoms with Gasteiger partial charge in [-0.15, -0.1) is 5.10 Å². The summed E-state index contributed by atoms with van der Waals surface area (Å²) in [7, 11) is 0. The lowest BCUT2D eigenvalue weighted by atomic mass is 10.1. The van der Waals surface area contributed by atoms with E-state index in [1.807, 2.05) is 0 Å². The maximum atomic E-state index is 12.2. The predicted molar refractivity (Wildman–Crippen MR) is 96.0 cm³/mol. The van der Waals surface area contributed by atoms with Gasteiger partial charge in [0.25, 0.3) is 5.91 Å². The fourth-order valence-electron chi connectivity index (χ4n) is 3.22. The number of carbonyl (C=O) groups excluding carboxylic acids is 1. The lowest BCUT2D eigenvalue weighted by molar-refractivity contribution is 0.0942. The van der Waals surface area contributed by atoms with Gasteiger partial charge in [0.1, 0.15) is 0 Å². The first-order chi connectivity index (χ1) is 12.2. The lowest BCUT2D eigenvalue weighted by Crippen LogP contribution is -2.31. The molecule has 3 N–H and O–H groups in total. The number of benzene rings is 1. The first-order valence-corrected chi connectivity index (χ1v) is 8.81. The molecule has 0 aliphatic carbocycles. The number of rotatable bonds is 7. The largest absolute Gasteiger partial charge is 0.350 e. The van der Waals surface area contributed by atoms with Crippen LogP contribution in [0.3, 0.4) is 0 Å². The second-order valence-corrected chi connectivity index (χ2v) is 6.68. The molecule has 1 aromatic carbocycles. The van der Waals surface area contributed by atoms with Gasteiger partial charge in [0.2, 0.25) is 0 Å². The summed E-state index contributed by atoms with van der Waals surface area (Å²) < 4.78 is 1.59. The Morgan fingerprint density at radius 1 is 1.40 bits per heavy atom. The predicted octanol–water partition coefficient (Wildman–Crippen LogP) is 0.797. The van der Waals surface area contributed by atoms with Crippen LogP contribution in [0.25, 0.3) is 0 Å². The van der Waals surface area contributed by atoms with Gasteiger partial charge in [-0.25, -0.2) is 0 Å². The Labute approximate surface area is 148 Å². The highest BCUT2D eigenvalue weighted by molar-refractivity contribution is 5.91. The highest BCUT2D eigenvalue weighted by Crippen LogP contribution is 2.19. The molecule has 0 radical (unpaired) electrons. The van der Waals surface area contributed by atoms with Crippen LogP contribution >= 0.6 is 0 Å². The molecule has 0 saturated carbocycles. The van der Waals surface area contributed by atoms with Crippen molar-refractivity contribution in [3.63, 3.8) is 0 Å². The van der Waals surface area contributed by atoms with E-state index < -0.39 is 0 Å². The average Bonchev–Trinajstić information content (AvgIpc) is 3.25. The van der Waals surface area contributed by atoms with Crippen molar-refractivity contribution >= 4 is 5.91 Å². The Balaban J connectivity index is 1.45. The molecule has 1 aliphatic rings. The number of nitrogens with zero attached hydrogens (tertiary/aromatic N) is 4. The number of aryl methyl sites for hydroxylation is 1. The van der Waals surface area contributed by atoms with Crippen LogP contribution in [0.15, 0.2) is 30.5 Å². The molecule has 2 aromatic rings. The van der Waals surface area contributed by atoms with E-state index in [1.165, 1.54) is 11.1 Å². The summed E-state index contributed by atoms with van der Waals surface area (Å²) in [6, 6.07) is 8.51. The zero-order valence-corrected chi connectivity index (χ0v) is 14.7. The maximum absolute atomic E-state index is 12.2. The summed E-state index contributed by atoms with van der Waals surface area (Å²) >= 11 is 0. The monoisotopic (exact) mass is 342 g/mol. The number of hydrogen-bond acceptors (Lipinski definition) is 5. The van der Waals surface area contributed by atoms with Gasteiger partial charge in [-0.3, -0.25) is 14.4 Å². The number of nitrogens with two attached hydrogens (primary N) is 1. The van der Waals surface area contributed by atoms with Gasteiger partial charge in [0, 0.05) is 26.2 Å². The quantitative estimate of drug-likeness (QED) is 0.777. The van der Waals surface area contributed by atoms with Gasteiger partial charge in [0.05, 0.1) is 12.7 Å². The Hall–Kier alpha value is -2.25. The molecule has 1 aromatic heterocycles. The van der Waals surface area contributed by atoms with Crippen molar-refractivity contribution in [2.45, 2.75) is 26.4 Å². The topological polar surface area (TPSA) is 89.1 Å². The number of carbonyl (C=O) groups is 1. The molecule has 0 bridgehead atoms. The third-order valence-electron chi connectivity index (χ3n) is 4.71. The van der Waals surface area contributed by atoms with Crippen LogP contribution in [0.5, 0.6) is 0 Å². The summed E-state index contributed by atoms with van der Waals surface area (Å²) in [5.41, 5.74) is 8.53. The van der Waals surface area contributed by atoms with Gasteiger partial charge in [-0.2, -0.15) is 0 Å². The highest BCUT2D eigenvalue weighted by atomic mass is 16.2. The molecule has 1 saturated heterocycles. The van der Waals surface area contributed by atoms with Gasteiger partial charge in [0.15, 0.2) is 5.69 Å². The summed E-state index contributed by atoms with van der Waals surface area (Å²) in [5, 5.41) is 10.8. The smallest absolute Gasteiger partial charge is 0.273 e. The highest BCUT2D eigenvalue weighted by Gasteiger charge is 2.23. The fraction of sp³-hybridized carbons (Fsp3) is 0.500. The zero-order valence-electron chi connectivity index (χ0n) is 14.7. The number of likely N-dealkylation sites (tertiary alicyclic amines) is 1. The maximum Gasteiger partial charge on any atom is 0.273 e. The normalized spacial score (nSPS) is 17.8. The Bertz CT molecular complexity index is 713. The van der Waals surface area contributed by atoms with Crippen molar-refractivity contribution in [1.82, 2.24) is 25.2 Å². The van der Waals surface area contributed by atoms with Crippen molar-refractivity contribution < 1.29 is 4.79 Å². The molecule has 3 rings (SSSR count). The average molecular weight is 342 g/mol. The minimum atomic E-state index is -0.166. The van der Waals surface area contributed by atoms with Crippen LogP contribution < -0.4 is 11.1 Å². The van der Waals surface area contributed by atoms with Crippen molar-refractivity contribution in [2.75, 3.05) is 26.2 Å². The minimum absolute atomic E-state index is 0.166. The van der Waals surface area contributed by atoms with Crippen molar-refractivity contribution in [1.29, 1.82) is 0 Å². The summed E-state index contributed by atoms with van der Waals surface area (Å²) in [6.45, 7) is 6.92. The zero-order chi connectivity index (χ0) is 17.6. The van der Waals surface area contributed by atoms with Crippen molar-refractivity contribution in [2.24, 2.45) is 11.7 Å². The molecule has 1 amide bonds. The third-order valence-corrected chi connectivity index (χ3v) is 4.71. The van der Waals surface area contributed by atoms with Crippen LogP contribution in [0.1, 0.15) is 28.0 Å². The van der Waals surface area contributed by atoms with E-state index >= 15 is 0 Å². The molecule has 25 heavy (non-hydrogen) atoms. The van der Waals surface area contributed by atoms with Gasteiger partial charge in [-0.1, -0.05) is 29.5 Å². The molecule has 134 valence electrons. The van der Waals surface area contributed by atoms with Crippen LogP contribution in [-0.2, 0) is 13.1 Å². The number of hydrogen-bond donors (Lipinski definition) is 2. The van der Waals surface area contributed by atoms with Crippen molar-refractivity contribution in [3.05, 3.63) is 47.3 Å². The Morgan fingerprint density at radius 2 is 2.24 bits per heavy atom. The van der Waals surface area contributed by atoms with Crippen LogP contribution in [-0.4, -0.2) is 52.0 Å². The number of nitrogens with one attached hydrogen (secondary N) is 1. The number of aromatic nitrogens is 3. The molecule has 1 fully saturated rings. The first kappa shape index (κ1) is 17.6. The van der Waals surface area contributed by atoms with Crippen molar-refractivity contribution in [3.8, 4) is 0 Å². The Morgan fingerprint density at radius 3 is 3.04 bits per heavy atom. The first-order valence-electron chi connectivity index (χ1n) is 8.81. The fourth-order valence-corrected chi connectivity index (χ4v) is 3.22. The molecule has 0 spiro atoms. The molecule has 2 heterocycles. The van der Waals surface area contributed by atoms with Gasteiger partial charge >= 0.3 is 0 Å². The number of amides is 1. The second-order valence-electron chi connectivity index (χ2n) is 6.68. The van der Waals surface area contributed by atoms with Crippen LogP contribution in [0, 0.1) is 12.8 Å². The Kier molecular flexibility index (Phi) is 5.78. The minimum Gasteiger partial charge on any atom is -0.350 e.